The Balaban J connectivity index is 2.56. The zero-order valence-corrected chi connectivity index (χ0v) is 7.90. The Morgan fingerprint density at radius 1 is 1.64 bits per heavy atom. The molecule has 1 N–H and O–H groups in total. The molecule has 0 bridgehead atoms. The van der Waals surface area contributed by atoms with E-state index < -0.39 is 0 Å². The van der Waals surface area contributed by atoms with Gasteiger partial charge < -0.3 is 5.32 Å². The van der Waals surface area contributed by atoms with E-state index >= 15 is 0 Å². The van der Waals surface area contributed by atoms with Gasteiger partial charge in [-0.2, -0.15) is 0 Å². The minimum Gasteiger partial charge on any atom is -0.314 e. The molecule has 0 saturated carbocycles. The van der Waals surface area contributed by atoms with Gasteiger partial charge in [0.15, 0.2) is 0 Å². The van der Waals surface area contributed by atoms with Crippen LogP contribution in [0.3, 0.4) is 0 Å². The second-order valence-electron chi connectivity index (χ2n) is 3.21. The highest BCUT2D eigenvalue weighted by molar-refractivity contribution is 7.03. The number of aromatic nitrogens is 2. The van der Waals surface area contributed by atoms with Crippen LogP contribution in [0.4, 0.5) is 0 Å². The van der Waals surface area contributed by atoms with Crippen molar-refractivity contribution in [2.75, 3.05) is 7.05 Å². The van der Waals surface area contributed by atoms with E-state index in [0.29, 0.717) is 0 Å². The summed E-state index contributed by atoms with van der Waals surface area (Å²) in [5, 5.41) is 9.18. The van der Waals surface area contributed by atoms with Gasteiger partial charge in [-0.05, 0) is 32.4 Å². The van der Waals surface area contributed by atoms with Gasteiger partial charge in [-0.1, -0.05) is 4.49 Å². The van der Waals surface area contributed by atoms with Gasteiger partial charge in [0.2, 0.25) is 0 Å². The predicted octanol–water partition coefficient (Wildman–Crippen LogP) is 1.08. The van der Waals surface area contributed by atoms with Crippen LogP contribution < -0.4 is 5.32 Å². The molecule has 0 amide bonds. The first-order valence-electron chi connectivity index (χ1n) is 3.59. The maximum atomic E-state index is 3.98. The molecule has 0 radical (unpaired) electrons. The summed E-state index contributed by atoms with van der Waals surface area (Å²) in [6, 6.07) is 0. The number of hydrogen-bond donors (Lipinski definition) is 1. The molecular weight excluding hydrogens is 158 g/mol. The standard InChI is InChI=1S/C7H13N3S/c1-7(2,8-3)4-6-5-11-10-9-6/h5,8H,4H2,1-3H3. The Kier molecular flexibility index (Phi) is 2.57. The summed E-state index contributed by atoms with van der Waals surface area (Å²) >= 11 is 1.40. The lowest BCUT2D eigenvalue weighted by Crippen LogP contribution is -2.38. The molecule has 0 spiro atoms. The molecule has 4 heteroatoms. The molecule has 1 aromatic heterocycles. The topological polar surface area (TPSA) is 37.8 Å². The second-order valence-corrected chi connectivity index (χ2v) is 3.82. The van der Waals surface area contributed by atoms with Gasteiger partial charge in [0, 0.05) is 17.3 Å². The molecule has 1 aromatic rings. The van der Waals surface area contributed by atoms with Crippen molar-refractivity contribution < 1.29 is 0 Å². The van der Waals surface area contributed by atoms with Crippen LogP contribution in [0.5, 0.6) is 0 Å². The SMILES string of the molecule is CNC(C)(C)Cc1csnn1. The van der Waals surface area contributed by atoms with E-state index in [0.717, 1.165) is 12.1 Å². The number of likely N-dealkylation sites (N-methyl/N-ethyl adjacent to an activating group) is 1. The third-order valence-corrected chi connectivity index (χ3v) is 2.26. The van der Waals surface area contributed by atoms with Crippen molar-refractivity contribution in [2.24, 2.45) is 0 Å². The van der Waals surface area contributed by atoms with Crippen molar-refractivity contribution in [3.63, 3.8) is 0 Å². The highest BCUT2D eigenvalue weighted by Gasteiger charge is 2.16. The molecule has 0 aliphatic carbocycles. The molecule has 1 rings (SSSR count). The molecule has 0 aliphatic heterocycles. The van der Waals surface area contributed by atoms with E-state index in [1.807, 2.05) is 12.4 Å². The molecule has 1 heterocycles. The van der Waals surface area contributed by atoms with Crippen LogP contribution >= 0.6 is 11.5 Å². The summed E-state index contributed by atoms with van der Waals surface area (Å²) in [5.74, 6) is 0. The Labute approximate surface area is 71.0 Å². The van der Waals surface area contributed by atoms with E-state index in [1.165, 1.54) is 11.5 Å². The Bertz CT molecular complexity index is 205. The van der Waals surface area contributed by atoms with Gasteiger partial charge in [0.05, 0.1) is 5.69 Å². The fourth-order valence-electron chi connectivity index (χ4n) is 0.802. The molecule has 0 saturated heterocycles. The van der Waals surface area contributed by atoms with Gasteiger partial charge in [0.25, 0.3) is 0 Å². The van der Waals surface area contributed by atoms with Crippen molar-refractivity contribution in [2.45, 2.75) is 25.8 Å². The summed E-state index contributed by atoms with van der Waals surface area (Å²) in [4.78, 5) is 0. The van der Waals surface area contributed by atoms with Crippen molar-refractivity contribution >= 4 is 11.5 Å². The highest BCUT2D eigenvalue weighted by Crippen LogP contribution is 2.10. The fourth-order valence-corrected chi connectivity index (χ4v) is 1.25. The number of rotatable bonds is 3. The van der Waals surface area contributed by atoms with Crippen LogP contribution in [0.1, 0.15) is 19.5 Å². The van der Waals surface area contributed by atoms with E-state index in [1.54, 1.807) is 0 Å². The minimum atomic E-state index is 0.121. The van der Waals surface area contributed by atoms with Crippen LogP contribution in [0.2, 0.25) is 0 Å². The molecule has 0 aliphatic rings. The van der Waals surface area contributed by atoms with E-state index in [4.69, 9.17) is 0 Å². The Hall–Kier alpha value is -0.480. The highest BCUT2D eigenvalue weighted by atomic mass is 32.1. The normalized spacial score (nSPS) is 11.9. The molecule has 62 valence electrons. The number of hydrogen-bond acceptors (Lipinski definition) is 4. The first kappa shape index (κ1) is 8.62. The van der Waals surface area contributed by atoms with Crippen LogP contribution in [0.25, 0.3) is 0 Å². The third kappa shape index (κ3) is 2.55. The quantitative estimate of drug-likeness (QED) is 0.739. The summed E-state index contributed by atoms with van der Waals surface area (Å²) in [6.07, 6.45) is 0.931. The average Bonchev–Trinajstić information content (AvgIpc) is 2.39. The summed E-state index contributed by atoms with van der Waals surface area (Å²) in [6.45, 7) is 4.29. The lowest BCUT2D eigenvalue weighted by Gasteiger charge is -2.22. The molecule has 11 heavy (non-hydrogen) atoms. The van der Waals surface area contributed by atoms with Crippen LogP contribution in [-0.4, -0.2) is 22.2 Å². The predicted molar refractivity (Wildman–Crippen MR) is 46.8 cm³/mol. The largest absolute Gasteiger partial charge is 0.314 e. The zero-order chi connectivity index (χ0) is 8.32. The van der Waals surface area contributed by atoms with E-state index in [9.17, 15) is 0 Å². The molecule has 3 nitrogen and oxygen atoms in total. The first-order chi connectivity index (χ1) is 5.14. The number of nitrogens with zero attached hydrogens (tertiary/aromatic N) is 2. The summed E-state index contributed by atoms with van der Waals surface area (Å²) in [5.41, 5.74) is 1.19. The summed E-state index contributed by atoms with van der Waals surface area (Å²) in [7, 11) is 1.96. The van der Waals surface area contributed by atoms with Gasteiger partial charge in [-0.25, -0.2) is 0 Å². The van der Waals surface area contributed by atoms with Crippen LogP contribution in [-0.2, 0) is 6.42 Å². The Morgan fingerprint density at radius 3 is 2.82 bits per heavy atom. The van der Waals surface area contributed by atoms with Crippen molar-refractivity contribution in [3.8, 4) is 0 Å². The molecule has 0 aromatic carbocycles. The first-order valence-corrected chi connectivity index (χ1v) is 4.42. The maximum Gasteiger partial charge on any atom is 0.0773 e. The molecular formula is C7H13N3S. The fraction of sp³-hybridized carbons (Fsp3) is 0.714. The van der Waals surface area contributed by atoms with Crippen LogP contribution in [0, 0.1) is 0 Å². The number of nitrogens with one attached hydrogen (secondary N) is 1. The van der Waals surface area contributed by atoms with Crippen molar-refractivity contribution in [1.82, 2.24) is 14.9 Å². The van der Waals surface area contributed by atoms with E-state index in [2.05, 4.69) is 28.8 Å². The second kappa shape index (κ2) is 3.28. The minimum absolute atomic E-state index is 0.121. The van der Waals surface area contributed by atoms with Gasteiger partial charge in [-0.3, -0.25) is 0 Å². The van der Waals surface area contributed by atoms with Gasteiger partial charge >= 0.3 is 0 Å². The van der Waals surface area contributed by atoms with E-state index in [-0.39, 0.29) is 5.54 Å². The zero-order valence-electron chi connectivity index (χ0n) is 7.09. The van der Waals surface area contributed by atoms with Crippen LogP contribution in [0.15, 0.2) is 5.38 Å². The molecule has 0 unspecified atom stereocenters. The smallest absolute Gasteiger partial charge is 0.0773 e. The maximum absolute atomic E-state index is 3.98. The third-order valence-electron chi connectivity index (χ3n) is 1.70. The summed E-state index contributed by atoms with van der Waals surface area (Å²) < 4.78 is 3.80. The van der Waals surface area contributed by atoms with Gasteiger partial charge in [0.1, 0.15) is 0 Å². The lowest BCUT2D eigenvalue weighted by molar-refractivity contribution is 0.417. The van der Waals surface area contributed by atoms with Crippen molar-refractivity contribution in [3.05, 3.63) is 11.1 Å². The monoisotopic (exact) mass is 171 g/mol. The van der Waals surface area contributed by atoms with Gasteiger partial charge in [-0.15, -0.1) is 5.10 Å². The van der Waals surface area contributed by atoms with Crippen molar-refractivity contribution in [1.29, 1.82) is 0 Å². The molecule has 0 atom stereocenters. The molecule has 0 fully saturated rings. The average molecular weight is 171 g/mol. The Morgan fingerprint density at radius 2 is 2.36 bits per heavy atom. The lowest BCUT2D eigenvalue weighted by atomic mass is 10.00.